The third-order valence-electron chi connectivity index (χ3n) is 2.20. The van der Waals surface area contributed by atoms with Gasteiger partial charge in [-0.3, -0.25) is 4.79 Å². The molecule has 2 heterocycles. The van der Waals surface area contributed by atoms with Crippen molar-refractivity contribution in [3.05, 3.63) is 39.7 Å². The van der Waals surface area contributed by atoms with Crippen molar-refractivity contribution >= 4 is 23.1 Å². The van der Waals surface area contributed by atoms with Crippen LogP contribution >= 0.6 is 11.6 Å². The van der Waals surface area contributed by atoms with Crippen LogP contribution in [0.25, 0.3) is 0 Å². The molecule has 0 radical (unpaired) electrons. The lowest BCUT2D eigenvalue weighted by Crippen LogP contribution is -2.21. The van der Waals surface area contributed by atoms with E-state index in [2.05, 4.69) is 20.4 Å². The molecule has 0 aliphatic heterocycles. The Morgan fingerprint density at radius 1 is 1.47 bits per heavy atom. The Balaban J connectivity index is 2.41. The number of nitrogens with zero attached hydrogens (tertiary/aromatic N) is 4. The molecule has 88 valence electrons. The molecule has 6 nitrogen and oxygen atoms in total. The molecular weight excluding hydrogens is 242 g/mol. The van der Waals surface area contributed by atoms with E-state index in [0.717, 1.165) is 5.56 Å². The average molecular weight is 252 g/mol. The van der Waals surface area contributed by atoms with Crippen molar-refractivity contribution in [3.8, 4) is 0 Å². The smallest absolute Gasteiger partial charge is 0.290 e. The van der Waals surface area contributed by atoms with E-state index in [0.29, 0.717) is 11.5 Å². The fourth-order valence-electron chi connectivity index (χ4n) is 1.28. The van der Waals surface area contributed by atoms with Crippen LogP contribution in [0.4, 0.5) is 11.5 Å². The molecule has 0 bridgehead atoms. The summed E-state index contributed by atoms with van der Waals surface area (Å²) in [6.07, 6.45) is 3.12. The van der Waals surface area contributed by atoms with Crippen LogP contribution in [0.5, 0.6) is 0 Å². The number of hydrogen-bond acceptors (Lipinski definition) is 5. The van der Waals surface area contributed by atoms with Crippen LogP contribution < -0.4 is 10.9 Å². The van der Waals surface area contributed by atoms with Crippen molar-refractivity contribution in [2.24, 2.45) is 7.05 Å². The second-order valence-electron chi connectivity index (χ2n) is 3.47. The number of rotatable bonds is 2. The lowest BCUT2D eigenvalue weighted by molar-refractivity contribution is 0.710. The molecule has 0 saturated carbocycles. The normalized spacial score (nSPS) is 10.3. The Kier molecular flexibility index (Phi) is 3.06. The number of halogens is 1. The van der Waals surface area contributed by atoms with Crippen molar-refractivity contribution in [2.45, 2.75) is 6.92 Å². The van der Waals surface area contributed by atoms with Crippen LogP contribution in [-0.4, -0.2) is 19.7 Å². The standard InChI is InChI=1S/C10H10ClN5O/c1-6-5-12-10(11)15-8(6)14-7-3-4-13-16(2)9(7)17/h3-5H,1-2H3,(H,12,14,15). The first kappa shape index (κ1) is 11.5. The SMILES string of the molecule is Cc1cnc(Cl)nc1Nc1ccnn(C)c1=O. The highest BCUT2D eigenvalue weighted by atomic mass is 35.5. The van der Waals surface area contributed by atoms with Crippen LogP contribution in [0.3, 0.4) is 0 Å². The summed E-state index contributed by atoms with van der Waals surface area (Å²) in [6.45, 7) is 1.82. The summed E-state index contributed by atoms with van der Waals surface area (Å²) in [7, 11) is 1.58. The number of aryl methyl sites for hydroxylation is 2. The summed E-state index contributed by atoms with van der Waals surface area (Å²) in [6, 6.07) is 1.58. The minimum Gasteiger partial charge on any atom is -0.335 e. The molecule has 0 atom stereocenters. The van der Waals surface area contributed by atoms with Gasteiger partial charge in [-0.05, 0) is 24.6 Å². The monoisotopic (exact) mass is 251 g/mol. The highest BCUT2D eigenvalue weighted by Crippen LogP contribution is 2.16. The molecule has 2 rings (SSSR count). The van der Waals surface area contributed by atoms with Crippen molar-refractivity contribution in [1.82, 2.24) is 19.7 Å². The summed E-state index contributed by atoms with van der Waals surface area (Å²) in [5.41, 5.74) is 0.954. The molecule has 0 aromatic carbocycles. The Labute approximate surface area is 102 Å². The molecule has 0 unspecified atom stereocenters. The molecule has 17 heavy (non-hydrogen) atoms. The molecular formula is C10H10ClN5O. The van der Waals surface area contributed by atoms with E-state index in [4.69, 9.17) is 11.6 Å². The first-order valence-electron chi connectivity index (χ1n) is 4.86. The van der Waals surface area contributed by atoms with Gasteiger partial charge < -0.3 is 5.32 Å². The Morgan fingerprint density at radius 2 is 2.24 bits per heavy atom. The van der Waals surface area contributed by atoms with Gasteiger partial charge in [0, 0.05) is 25.0 Å². The van der Waals surface area contributed by atoms with E-state index >= 15 is 0 Å². The van der Waals surface area contributed by atoms with Gasteiger partial charge in [0.25, 0.3) is 5.56 Å². The lowest BCUT2D eigenvalue weighted by atomic mass is 10.3. The predicted molar refractivity (Wildman–Crippen MR) is 64.5 cm³/mol. The second-order valence-corrected chi connectivity index (χ2v) is 3.81. The Hall–Kier alpha value is -1.95. The molecule has 0 aliphatic rings. The van der Waals surface area contributed by atoms with E-state index in [1.165, 1.54) is 10.9 Å². The first-order chi connectivity index (χ1) is 8.08. The fraction of sp³-hybridized carbons (Fsp3) is 0.200. The molecule has 2 aromatic rings. The molecule has 0 aliphatic carbocycles. The number of nitrogens with one attached hydrogen (secondary N) is 1. The largest absolute Gasteiger partial charge is 0.335 e. The summed E-state index contributed by atoms with van der Waals surface area (Å²) in [4.78, 5) is 19.6. The minimum atomic E-state index is -0.235. The van der Waals surface area contributed by atoms with Crippen molar-refractivity contribution in [1.29, 1.82) is 0 Å². The van der Waals surface area contributed by atoms with Gasteiger partial charge >= 0.3 is 0 Å². The topological polar surface area (TPSA) is 72.7 Å². The Bertz CT molecular complexity index is 610. The molecule has 1 N–H and O–H groups in total. The van der Waals surface area contributed by atoms with Crippen molar-refractivity contribution in [3.63, 3.8) is 0 Å². The van der Waals surface area contributed by atoms with Crippen LogP contribution in [0.15, 0.2) is 23.3 Å². The third kappa shape index (κ3) is 2.42. The van der Waals surface area contributed by atoms with Gasteiger partial charge in [0.2, 0.25) is 5.28 Å². The molecule has 2 aromatic heterocycles. The molecule has 0 saturated heterocycles. The zero-order valence-electron chi connectivity index (χ0n) is 9.31. The van der Waals surface area contributed by atoms with Crippen LogP contribution in [0, 0.1) is 6.92 Å². The maximum absolute atomic E-state index is 11.7. The average Bonchev–Trinajstić information content (AvgIpc) is 2.30. The highest BCUT2D eigenvalue weighted by molar-refractivity contribution is 6.28. The van der Waals surface area contributed by atoms with Gasteiger partial charge in [0.05, 0.1) is 0 Å². The van der Waals surface area contributed by atoms with E-state index in [1.54, 1.807) is 19.3 Å². The fourth-order valence-corrected chi connectivity index (χ4v) is 1.41. The van der Waals surface area contributed by atoms with Gasteiger partial charge in [-0.25, -0.2) is 14.6 Å². The van der Waals surface area contributed by atoms with Gasteiger partial charge in [0.1, 0.15) is 11.5 Å². The number of anilines is 2. The van der Waals surface area contributed by atoms with E-state index in [9.17, 15) is 4.79 Å². The zero-order chi connectivity index (χ0) is 12.4. The first-order valence-corrected chi connectivity index (χ1v) is 5.24. The molecule has 0 spiro atoms. The van der Waals surface area contributed by atoms with Crippen molar-refractivity contribution in [2.75, 3.05) is 5.32 Å². The molecule has 7 heteroatoms. The predicted octanol–water partition coefficient (Wildman–Crippen LogP) is 1.28. The maximum Gasteiger partial charge on any atom is 0.290 e. The third-order valence-corrected chi connectivity index (χ3v) is 2.38. The van der Waals surface area contributed by atoms with Gasteiger partial charge in [-0.15, -0.1) is 0 Å². The quantitative estimate of drug-likeness (QED) is 0.814. The summed E-state index contributed by atoms with van der Waals surface area (Å²) >= 11 is 5.70. The molecule has 0 amide bonds. The lowest BCUT2D eigenvalue weighted by Gasteiger charge is -2.07. The van der Waals surface area contributed by atoms with Crippen LogP contribution in [-0.2, 0) is 7.05 Å². The highest BCUT2D eigenvalue weighted by Gasteiger charge is 2.06. The van der Waals surface area contributed by atoms with E-state index in [-0.39, 0.29) is 10.8 Å². The van der Waals surface area contributed by atoms with Gasteiger partial charge in [0.15, 0.2) is 0 Å². The van der Waals surface area contributed by atoms with E-state index < -0.39 is 0 Å². The minimum absolute atomic E-state index is 0.129. The van der Waals surface area contributed by atoms with Crippen LogP contribution in [0.1, 0.15) is 5.56 Å². The second kappa shape index (κ2) is 4.50. The van der Waals surface area contributed by atoms with Gasteiger partial charge in [-0.1, -0.05) is 0 Å². The number of hydrogen-bond donors (Lipinski definition) is 1. The molecule has 0 fully saturated rings. The zero-order valence-corrected chi connectivity index (χ0v) is 10.1. The summed E-state index contributed by atoms with van der Waals surface area (Å²) in [5.74, 6) is 0.508. The Morgan fingerprint density at radius 3 is 3.00 bits per heavy atom. The van der Waals surface area contributed by atoms with Crippen molar-refractivity contribution < 1.29 is 0 Å². The summed E-state index contributed by atoms with van der Waals surface area (Å²) in [5, 5.41) is 6.87. The summed E-state index contributed by atoms with van der Waals surface area (Å²) < 4.78 is 1.24. The van der Waals surface area contributed by atoms with E-state index in [1.807, 2.05) is 6.92 Å². The maximum atomic E-state index is 11.7. The number of aromatic nitrogens is 4. The van der Waals surface area contributed by atoms with Gasteiger partial charge in [-0.2, -0.15) is 5.10 Å². The van der Waals surface area contributed by atoms with Crippen LogP contribution in [0.2, 0.25) is 5.28 Å².